The molecule has 162 valence electrons. The van der Waals surface area contributed by atoms with Gasteiger partial charge in [0, 0.05) is 11.4 Å². The Morgan fingerprint density at radius 2 is 1.69 bits per heavy atom. The Morgan fingerprint density at radius 3 is 2.28 bits per heavy atom. The minimum Gasteiger partial charge on any atom is -0.494 e. The Hall–Kier alpha value is -1.55. The summed E-state index contributed by atoms with van der Waals surface area (Å²) in [6, 6.07) is 14.1. The van der Waals surface area contributed by atoms with Gasteiger partial charge in [-0.25, -0.2) is 0 Å². The average molecular weight is 421 g/mol. The van der Waals surface area contributed by atoms with E-state index in [0.717, 1.165) is 28.3 Å². The fourth-order valence-corrected chi connectivity index (χ4v) is 3.54. The molecule has 1 N–H and O–H groups in total. The topological polar surface area (TPSA) is 38.7 Å². The van der Waals surface area contributed by atoms with Crippen molar-refractivity contribution in [2.24, 2.45) is 0 Å². The van der Waals surface area contributed by atoms with Crippen LogP contribution in [0.15, 0.2) is 42.5 Å². The van der Waals surface area contributed by atoms with Crippen molar-refractivity contribution in [3.63, 3.8) is 0 Å². The van der Waals surface area contributed by atoms with Crippen LogP contribution in [-0.4, -0.2) is 23.9 Å². The zero-order valence-corrected chi connectivity index (χ0v) is 19.5. The van der Waals surface area contributed by atoms with Crippen LogP contribution in [0.25, 0.3) is 0 Å². The lowest BCUT2D eigenvalue weighted by Gasteiger charge is -2.31. The summed E-state index contributed by atoms with van der Waals surface area (Å²) in [6.45, 7) is 12.6. The third-order valence-electron chi connectivity index (χ3n) is 4.56. The molecule has 0 radical (unpaired) electrons. The van der Waals surface area contributed by atoms with Gasteiger partial charge in [-0.3, -0.25) is 0 Å². The first-order valence-electron chi connectivity index (χ1n) is 10.9. The van der Waals surface area contributed by atoms with Gasteiger partial charge < -0.3 is 14.6 Å². The monoisotopic (exact) mass is 420 g/mol. The molecule has 2 aromatic carbocycles. The van der Waals surface area contributed by atoms with Crippen molar-refractivity contribution in [3.05, 3.63) is 64.2 Å². The van der Waals surface area contributed by atoms with Crippen molar-refractivity contribution in [2.45, 2.75) is 79.1 Å². The molecule has 1 aliphatic heterocycles. The molecule has 0 saturated carbocycles. The first kappa shape index (κ1) is 25.5. The summed E-state index contributed by atoms with van der Waals surface area (Å²) in [5.74, 6) is 0.879. The summed E-state index contributed by atoms with van der Waals surface area (Å²) >= 11 is 6.41. The highest BCUT2D eigenvalue weighted by atomic mass is 35.5. The predicted octanol–water partition coefficient (Wildman–Crippen LogP) is 6.98. The summed E-state index contributed by atoms with van der Waals surface area (Å²) in [4.78, 5) is 0. The van der Waals surface area contributed by atoms with Gasteiger partial charge in [-0.2, -0.15) is 0 Å². The van der Waals surface area contributed by atoms with E-state index in [1.165, 1.54) is 5.56 Å². The first-order chi connectivity index (χ1) is 14.0. The van der Waals surface area contributed by atoms with Crippen molar-refractivity contribution in [1.82, 2.24) is 0 Å². The molecule has 0 amide bonds. The molecule has 1 heterocycles. The summed E-state index contributed by atoms with van der Waals surface area (Å²) in [5.41, 5.74) is 3.33. The van der Waals surface area contributed by atoms with Crippen molar-refractivity contribution in [3.8, 4) is 5.75 Å². The molecule has 0 aliphatic carbocycles. The molecule has 0 spiro atoms. The number of aliphatic hydroxyl groups is 1. The van der Waals surface area contributed by atoms with Gasteiger partial charge in [0.2, 0.25) is 0 Å². The van der Waals surface area contributed by atoms with Gasteiger partial charge in [0.25, 0.3) is 0 Å². The van der Waals surface area contributed by atoms with Gasteiger partial charge in [0.15, 0.2) is 0 Å². The van der Waals surface area contributed by atoms with E-state index >= 15 is 0 Å². The Bertz CT molecular complexity index is 690. The van der Waals surface area contributed by atoms with E-state index < -0.39 is 0 Å². The normalized spacial score (nSPS) is 20.6. The van der Waals surface area contributed by atoms with Crippen LogP contribution in [0.2, 0.25) is 5.02 Å². The van der Waals surface area contributed by atoms with Gasteiger partial charge in [0.1, 0.15) is 5.75 Å². The molecule has 3 atom stereocenters. The zero-order chi connectivity index (χ0) is 21.8. The van der Waals surface area contributed by atoms with Gasteiger partial charge in [-0.05, 0) is 61.6 Å². The smallest absolute Gasteiger partial charge is 0.119 e. The lowest BCUT2D eigenvalue weighted by Crippen LogP contribution is -2.29. The predicted molar refractivity (Wildman–Crippen MR) is 123 cm³/mol. The van der Waals surface area contributed by atoms with Crippen LogP contribution in [0.4, 0.5) is 0 Å². The quantitative estimate of drug-likeness (QED) is 0.566. The summed E-state index contributed by atoms with van der Waals surface area (Å²) in [5, 5.41) is 10.8. The first-order valence-corrected chi connectivity index (χ1v) is 11.3. The fourth-order valence-electron chi connectivity index (χ4n) is 3.35. The van der Waals surface area contributed by atoms with E-state index in [4.69, 9.17) is 21.1 Å². The number of aliphatic hydroxyl groups excluding tert-OH is 1. The number of hydrogen-bond donors (Lipinski definition) is 1. The van der Waals surface area contributed by atoms with Gasteiger partial charge >= 0.3 is 0 Å². The van der Waals surface area contributed by atoms with Crippen LogP contribution in [0.1, 0.15) is 77.2 Å². The Morgan fingerprint density at radius 1 is 1.03 bits per heavy atom. The summed E-state index contributed by atoms with van der Waals surface area (Å²) in [6.07, 6.45) is 1.77. The third kappa shape index (κ3) is 8.00. The molecule has 29 heavy (non-hydrogen) atoms. The third-order valence-corrected chi connectivity index (χ3v) is 4.93. The highest BCUT2D eigenvalue weighted by Gasteiger charge is 2.27. The summed E-state index contributed by atoms with van der Waals surface area (Å²) in [7, 11) is 0. The van der Waals surface area contributed by atoms with Crippen LogP contribution in [0.5, 0.6) is 5.75 Å². The molecule has 3 unspecified atom stereocenters. The Balaban J connectivity index is 0.000000989. The molecule has 2 aromatic rings. The average Bonchev–Trinajstić information content (AvgIpc) is 2.73. The van der Waals surface area contributed by atoms with Crippen molar-refractivity contribution < 1.29 is 14.6 Å². The fraction of sp³-hybridized carbons (Fsp3) is 0.520. The molecule has 1 saturated heterocycles. The van der Waals surface area contributed by atoms with Gasteiger partial charge in [-0.1, -0.05) is 63.6 Å². The summed E-state index contributed by atoms with van der Waals surface area (Å²) < 4.78 is 11.5. The number of hydrogen-bond acceptors (Lipinski definition) is 3. The SMILES string of the molecule is CC.CC.CCOc1ccc(Cc2cc(C3CC(O)CC(C)O3)ccc2Cl)cc1. The molecule has 3 nitrogen and oxygen atoms in total. The minimum absolute atomic E-state index is 0.0685. The molecular formula is C25H37ClO3. The van der Waals surface area contributed by atoms with Crippen LogP contribution >= 0.6 is 11.6 Å². The van der Waals surface area contributed by atoms with E-state index in [2.05, 4.69) is 18.2 Å². The minimum atomic E-state index is -0.306. The second-order valence-electron chi connectivity index (χ2n) is 6.67. The zero-order valence-electron chi connectivity index (χ0n) is 18.7. The maximum Gasteiger partial charge on any atom is 0.119 e. The molecule has 3 rings (SSSR count). The number of ether oxygens (including phenoxy) is 2. The number of benzene rings is 2. The molecular weight excluding hydrogens is 384 g/mol. The number of rotatable bonds is 5. The Kier molecular flexibility index (Phi) is 12.0. The van der Waals surface area contributed by atoms with Crippen molar-refractivity contribution >= 4 is 11.6 Å². The second kappa shape index (κ2) is 13.6. The van der Waals surface area contributed by atoms with E-state index in [1.807, 2.05) is 65.8 Å². The highest BCUT2D eigenvalue weighted by Crippen LogP contribution is 2.33. The van der Waals surface area contributed by atoms with Crippen molar-refractivity contribution in [2.75, 3.05) is 6.61 Å². The lowest BCUT2D eigenvalue weighted by molar-refractivity contribution is -0.0895. The molecule has 0 bridgehead atoms. The van der Waals surface area contributed by atoms with Crippen molar-refractivity contribution in [1.29, 1.82) is 0 Å². The standard InChI is InChI=1S/C21H25ClO3.2C2H6/c1-3-24-19-7-4-15(5-8-19)11-17-12-16(6-9-20(17)22)21-13-18(23)10-14(2)25-21;2*1-2/h4-9,12,14,18,21,23H,3,10-11,13H2,1-2H3;2*1-2H3. The maximum absolute atomic E-state index is 10.0. The van der Waals surface area contributed by atoms with E-state index in [-0.39, 0.29) is 18.3 Å². The second-order valence-corrected chi connectivity index (χ2v) is 7.07. The molecule has 1 fully saturated rings. The molecule has 1 aliphatic rings. The Labute approximate surface area is 182 Å². The van der Waals surface area contributed by atoms with E-state index in [0.29, 0.717) is 19.4 Å². The van der Waals surface area contributed by atoms with Crippen LogP contribution < -0.4 is 4.74 Å². The molecule has 0 aromatic heterocycles. The van der Waals surface area contributed by atoms with E-state index in [9.17, 15) is 5.11 Å². The van der Waals surface area contributed by atoms with E-state index in [1.54, 1.807) is 0 Å². The van der Waals surface area contributed by atoms with Crippen LogP contribution in [-0.2, 0) is 11.2 Å². The van der Waals surface area contributed by atoms with Gasteiger partial charge in [-0.15, -0.1) is 0 Å². The van der Waals surface area contributed by atoms with Gasteiger partial charge in [0.05, 0.1) is 24.9 Å². The van der Waals surface area contributed by atoms with Crippen LogP contribution in [0, 0.1) is 0 Å². The number of halogens is 1. The maximum atomic E-state index is 10.0. The highest BCUT2D eigenvalue weighted by molar-refractivity contribution is 6.31. The molecule has 4 heteroatoms. The largest absolute Gasteiger partial charge is 0.494 e. The van der Waals surface area contributed by atoms with Crippen LogP contribution in [0.3, 0.4) is 0 Å². The lowest BCUT2D eigenvalue weighted by atomic mass is 9.94.